The van der Waals surface area contributed by atoms with Gasteiger partial charge in [0.05, 0.1) is 6.61 Å². The van der Waals surface area contributed by atoms with Gasteiger partial charge in [-0.2, -0.15) is 0 Å². The molecule has 19 heavy (non-hydrogen) atoms. The highest BCUT2D eigenvalue weighted by Crippen LogP contribution is 2.22. The summed E-state index contributed by atoms with van der Waals surface area (Å²) in [6, 6.07) is 8.60. The molecule has 1 aromatic carbocycles. The molecule has 1 unspecified atom stereocenters. The number of nitrogens with zero attached hydrogens (tertiary/aromatic N) is 1. The number of hydrogen-bond acceptors (Lipinski definition) is 3. The Kier molecular flexibility index (Phi) is 5.83. The molecule has 1 aliphatic rings. The van der Waals surface area contributed by atoms with Crippen LogP contribution in [0, 0.1) is 5.92 Å². The van der Waals surface area contributed by atoms with Crippen molar-refractivity contribution in [3.05, 3.63) is 35.4 Å². The number of benzene rings is 1. The summed E-state index contributed by atoms with van der Waals surface area (Å²) in [7, 11) is 1.76. The van der Waals surface area contributed by atoms with E-state index in [4.69, 9.17) is 10.5 Å². The van der Waals surface area contributed by atoms with E-state index >= 15 is 0 Å². The molecule has 0 saturated carbocycles. The third kappa shape index (κ3) is 4.30. The minimum absolute atomic E-state index is 0.705. The summed E-state index contributed by atoms with van der Waals surface area (Å²) >= 11 is 0. The predicted octanol–water partition coefficient (Wildman–Crippen LogP) is 2.39. The zero-order valence-electron chi connectivity index (χ0n) is 12.0. The van der Waals surface area contributed by atoms with Crippen LogP contribution in [0.3, 0.4) is 0 Å². The van der Waals surface area contributed by atoms with Gasteiger partial charge in [-0.3, -0.25) is 4.90 Å². The maximum absolute atomic E-state index is 5.69. The number of hydrogen-bond donors (Lipinski definition) is 1. The third-order valence-electron chi connectivity index (χ3n) is 3.99. The van der Waals surface area contributed by atoms with Crippen molar-refractivity contribution in [2.75, 3.05) is 26.7 Å². The van der Waals surface area contributed by atoms with Crippen molar-refractivity contribution >= 4 is 0 Å². The van der Waals surface area contributed by atoms with Crippen LogP contribution in [0.25, 0.3) is 0 Å². The molecule has 2 N–H and O–H groups in total. The van der Waals surface area contributed by atoms with E-state index in [0.29, 0.717) is 6.61 Å². The van der Waals surface area contributed by atoms with E-state index in [1.165, 1.54) is 37.1 Å². The maximum atomic E-state index is 5.69. The molecule has 106 valence electrons. The van der Waals surface area contributed by atoms with Crippen LogP contribution in [0.1, 0.15) is 30.4 Å². The maximum Gasteiger partial charge on any atom is 0.0716 e. The molecule has 1 aliphatic heterocycles. The van der Waals surface area contributed by atoms with Gasteiger partial charge in [0.25, 0.3) is 0 Å². The lowest BCUT2D eigenvalue weighted by Crippen LogP contribution is -2.35. The molecule has 3 nitrogen and oxygen atoms in total. The largest absolute Gasteiger partial charge is 0.380 e. The fraction of sp³-hybridized carbons (Fsp3) is 0.625. The summed E-state index contributed by atoms with van der Waals surface area (Å²) < 4.78 is 5.28. The van der Waals surface area contributed by atoms with Crippen LogP contribution in [-0.4, -0.2) is 31.6 Å². The molecule has 0 bridgehead atoms. The third-order valence-corrected chi connectivity index (χ3v) is 3.99. The van der Waals surface area contributed by atoms with E-state index in [1.807, 2.05) is 0 Å². The summed E-state index contributed by atoms with van der Waals surface area (Å²) in [6.45, 7) is 4.97. The first-order valence-electron chi connectivity index (χ1n) is 7.31. The summed E-state index contributed by atoms with van der Waals surface area (Å²) in [5.41, 5.74) is 8.40. The molecular weight excluding hydrogens is 236 g/mol. The van der Waals surface area contributed by atoms with Crippen LogP contribution in [-0.2, 0) is 17.9 Å². The number of ether oxygens (including phenoxy) is 1. The molecule has 2 rings (SSSR count). The van der Waals surface area contributed by atoms with E-state index in [-0.39, 0.29) is 0 Å². The average Bonchev–Trinajstić information content (AvgIpc) is 2.42. The van der Waals surface area contributed by atoms with Crippen molar-refractivity contribution in [3.8, 4) is 0 Å². The molecule has 1 fully saturated rings. The lowest BCUT2D eigenvalue weighted by molar-refractivity contribution is 0.158. The van der Waals surface area contributed by atoms with Crippen LogP contribution in [0.5, 0.6) is 0 Å². The Morgan fingerprint density at radius 3 is 2.84 bits per heavy atom. The lowest BCUT2D eigenvalue weighted by Gasteiger charge is -2.33. The zero-order valence-corrected chi connectivity index (χ0v) is 12.0. The zero-order chi connectivity index (χ0) is 13.5. The molecule has 0 radical (unpaired) electrons. The van der Waals surface area contributed by atoms with Gasteiger partial charge in [0, 0.05) is 20.2 Å². The SMILES string of the molecule is COCc1ccccc1CN1CCCC(CCN)C1. The van der Waals surface area contributed by atoms with E-state index in [1.54, 1.807) is 7.11 Å². The Bertz CT molecular complexity index is 379. The van der Waals surface area contributed by atoms with Crippen LogP contribution in [0.15, 0.2) is 24.3 Å². The fourth-order valence-electron chi connectivity index (χ4n) is 3.02. The van der Waals surface area contributed by atoms with Gasteiger partial charge in [0.15, 0.2) is 0 Å². The van der Waals surface area contributed by atoms with Crippen LogP contribution in [0.4, 0.5) is 0 Å². The molecular formula is C16H26N2O. The standard InChI is InChI=1S/C16H26N2O/c1-19-13-16-7-3-2-6-15(16)12-18-10-4-5-14(11-18)8-9-17/h2-3,6-7,14H,4-5,8-13,17H2,1H3. The summed E-state index contributed by atoms with van der Waals surface area (Å²) in [5, 5.41) is 0. The smallest absolute Gasteiger partial charge is 0.0716 e. The molecule has 0 spiro atoms. The van der Waals surface area contributed by atoms with Gasteiger partial charge < -0.3 is 10.5 Å². The molecule has 1 heterocycles. The van der Waals surface area contributed by atoms with E-state index in [2.05, 4.69) is 29.2 Å². The minimum atomic E-state index is 0.705. The van der Waals surface area contributed by atoms with Crippen LogP contribution in [0.2, 0.25) is 0 Å². The second kappa shape index (κ2) is 7.63. The van der Waals surface area contributed by atoms with Gasteiger partial charge in [-0.1, -0.05) is 24.3 Å². The van der Waals surface area contributed by atoms with Gasteiger partial charge >= 0.3 is 0 Å². The highest BCUT2D eigenvalue weighted by molar-refractivity contribution is 5.26. The molecule has 0 amide bonds. The second-order valence-corrected chi connectivity index (χ2v) is 5.52. The Morgan fingerprint density at radius 1 is 1.32 bits per heavy atom. The van der Waals surface area contributed by atoms with Gasteiger partial charge in [0.1, 0.15) is 0 Å². The van der Waals surface area contributed by atoms with Crippen molar-refractivity contribution in [2.45, 2.75) is 32.4 Å². The van der Waals surface area contributed by atoms with Crippen LogP contribution < -0.4 is 5.73 Å². The molecule has 1 aromatic rings. The van der Waals surface area contributed by atoms with Crippen molar-refractivity contribution in [1.29, 1.82) is 0 Å². The number of rotatable bonds is 6. The minimum Gasteiger partial charge on any atom is -0.380 e. The quantitative estimate of drug-likeness (QED) is 0.855. The Balaban J connectivity index is 1.96. The summed E-state index contributed by atoms with van der Waals surface area (Å²) in [5.74, 6) is 0.785. The highest BCUT2D eigenvalue weighted by Gasteiger charge is 2.19. The van der Waals surface area contributed by atoms with Crippen molar-refractivity contribution in [3.63, 3.8) is 0 Å². The second-order valence-electron chi connectivity index (χ2n) is 5.52. The molecule has 1 saturated heterocycles. The summed E-state index contributed by atoms with van der Waals surface area (Å²) in [4.78, 5) is 2.57. The first-order valence-corrected chi connectivity index (χ1v) is 7.31. The van der Waals surface area contributed by atoms with Crippen molar-refractivity contribution < 1.29 is 4.74 Å². The van der Waals surface area contributed by atoms with Crippen molar-refractivity contribution in [1.82, 2.24) is 4.90 Å². The predicted molar refractivity (Wildman–Crippen MR) is 78.8 cm³/mol. The summed E-state index contributed by atoms with van der Waals surface area (Å²) in [6.07, 6.45) is 3.81. The number of piperidine rings is 1. The molecule has 1 atom stereocenters. The van der Waals surface area contributed by atoms with Crippen molar-refractivity contribution in [2.24, 2.45) is 11.7 Å². The molecule has 0 aliphatic carbocycles. The number of likely N-dealkylation sites (tertiary alicyclic amines) is 1. The first kappa shape index (κ1) is 14.5. The van der Waals surface area contributed by atoms with E-state index < -0.39 is 0 Å². The van der Waals surface area contributed by atoms with Gasteiger partial charge in [-0.15, -0.1) is 0 Å². The highest BCUT2D eigenvalue weighted by atomic mass is 16.5. The first-order chi connectivity index (χ1) is 9.33. The Labute approximate surface area is 116 Å². The topological polar surface area (TPSA) is 38.5 Å². The Hall–Kier alpha value is -0.900. The van der Waals surface area contributed by atoms with Gasteiger partial charge in [-0.25, -0.2) is 0 Å². The number of methoxy groups -OCH3 is 1. The van der Waals surface area contributed by atoms with E-state index in [0.717, 1.165) is 25.4 Å². The van der Waals surface area contributed by atoms with Gasteiger partial charge in [-0.05, 0) is 49.4 Å². The molecule has 0 aromatic heterocycles. The van der Waals surface area contributed by atoms with Gasteiger partial charge in [0.2, 0.25) is 0 Å². The van der Waals surface area contributed by atoms with Crippen LogP contribution >= 0.6 is 0 Å². The lowest BCUT2D eigenvalue weighted by atomic mass is 9.94. The Morgan fingerprint density at radius 2 is 2.11 bits per heavy atom. The average molecular weight is 262 g/mol. The van der Waals surface area contributed by atoms with E-state index in [9.17, 15) is 0 Å². The normalized spacial score (nSPS) is 20.6. The number of nitrogens with two attached hydrogens (primary N) is 1. The molecule has 3 heteroatoms. The monoisotopic (exact) mass is 262 g/mol. The fourth-order valence-corrected chi connectivity index (χ4v) is 3.02.